The van der Waals surface area contributed by atoms with Crippen LogP contribution in [0.2, 0.25) is 0 Å². The highest BCUT2D eigenvalue weighted by Gasteiger charge is 2.23. The quantitative estimate of drug-likeness (QED) is 0.557. The van der Waals surface area contributed by atoms with E-state index in [0.29, 0.717) is 23.7 Å². The Hall–Kier alpha value is -3.62. The molecule has 0 aliphatic heterocycles. The summed E-state index contributed by atoms with van der Waals surface area (Å²) in [6.07, 6.45) is 0.822. The summed E-state index contributed by atoms with van der Waals surface area (Å²) in [7, 11) is 1.45. The fraction of sp³-hybridized carbons (Fsp3) is 0.263. The van der Waals surface area contributed by atoms with Gasteiger partial charge >= 0.3 is 0 Å². The zero-order valence-electron chi connectivity index (χ0n) is 15.8. The van der Waals surface area contributed by atoms with Crippen molar-refractivity contribution in [3.05, 3.63) is 63.2 Å². The lowest BCUT2D eigenvalue weighted by molar-refractivity contribution is -0.385. The molecule has 0 saturated carbocycles. The van der Waals surface area contributed by atoms with Gasteiger partial charge in [0.1, 0.15) is 5.56 Å². The molecule has 2 aromatic rings. The van der Waals surface area contributed by atoms with Gasteiger partial charge in [0.15, 0.2) is 11.5 Å². The van der Waals surface area contributed by atoms with Crippen LogP contribution in [0.4, 0.5) is 5.69 Å². The summed E-state index contributed by atoms with van der Waals surface area (Å²) in [6.45, 7) is 4.00. The van der Waals surface area contributed by atoms with E-state index in [0.717, 1.165) is 6.42 Å². The van der Waals surface area contributed by atoms with Crippen molar-refractivity contribution in [1.29, 1.82) is 0 Å². The number of rotatable bonds is 7. The van der Waals surface area contributed by atoms with E-state index in [9.17, 15) is 19.7 Å². The molecule has 2 rings (SSSR count). The first-order valence-corrected chi connectivity index (χ1v) is 8.54. The average Bonchev–Trinajstić information content (AvgIpc) is 2.69. The monoisotopic (exact) mass is 387 g/mol. The molecule has 0 bridgehead atoms. The second-order valence-corrected chi connectivity index (χ2v) is 5.85. The van der Waals surface area contributed by atoms with Crippen LogP contribution in [0.5, 0.6) is 11.5 Å². The number of methoxy groups -OCH3 is 1. The zero-order valence-corrected chi connectivity index (χ0v) is 15.8. The van der Waals surface area contributed by atoms with Crippen LogP contribution < -0.4 is 20.3 Å². The van der Waals surface area contributed by atoms with Crippen molar-refractivity contribution in [3.63, 3.8) is 0 Å². The summed E-state index contributed by atoms with van der Waals surface area (Å²) in [6, 6.07) is 8.96. The van der Waals surface area contributed by atoms with Crippen molar-refractivity contribution < 1.29 is 24.0 Å². The molecular weight excluding hydrogens is 366 g/mol. The number of nitro benzene ring substituents is 1. The summed E-state index contributed by atoms with van der Waals surface area (Å²) >= 11 is 0. The van der Waals surface area contributed by atoms with Gasteiger partial charge < -0.3 is 9.47 Å². The van der Waals surface area contributed by atoms with Crippen LogP contribution in [0, 0.1) is 17.0 Å². The first-order chi connectivity index (χ1) is 13.4. The van der Waals surface area contributed by atoms with E-state index in [1.54, 1.807) is 6.07 Å². The van der Waals surface area contributed by atoms with E-state index in [1.807, 2.05) is 6.92 Å². The summed E-state index contributed by atoms with van der Waals surface area (Å²) < 4.78 is 10.7. The Bertz CT molecular complexity index is 897. The third-order valence-corrected chi connectivity index (χ3v) is 3.84. The number of hydrogen-bond donors (Lipinski definition) is 2. The van der Waals surface area contributed by atoms with Gasteiger partial charge in [-0.2, -0.15) is 0 Å². The van der Waals surface area contributed by atoms with Gasteiger partial charge in [-0.25, -0.2) is 0 Å². The Morgan fingerprint density at radius 1 is 1.11 bits per heavy atom. The standard InChI is InChI=1S/C19H21N3O6/c1-4-10-28-15-9-8-13(11-16(15)27-3)18(23)20-21-19(24)14-7-5-6-12(2)17(14)22(25)26/h5-9,11H,4,10H2,1-3H3,(H,20,23)(H,21,24). The number of para-hydroxylation sites is 1. The smallest absolute Gasteiger partial charge is 0.285 e. The largest absolute Gasteiger partial charge is 0.493 e. The predicted octanol–water partition coefficient (Wildman–Crippen LogP) is 2.78. The molecule has 0 unspecified atom stereocenters. The fourth-order valence-electron chi connectivity index (χ4n) is 2.48. The molecule has 0 aromatic heterocycles. The summed E-state index contributed by atoms with van der Waals surface area (Å²) in [5, 5.41) is 11.2. The summed E-state index contributed by atoms with van der Waals surface area (Å²) in [5.74, 6) is -0.523. The number of carbonyl (C=O) groups is 2. The Morgan fingerprint density at radius 3 is 2.46 bits per heavy atom. The van der Waals surface area contributed by atoms with E-state index in [1.165, 1.54) is 44.4 Å². The summed E-state index contributed by atoms with van der Waals surface area (Å²) in [4.78, 5) is 35.1. The summed E-state index contributed by atoms with van der Waals surface area (Å²) in [5.41, 5.74) is 4.54. The number of ether oxygens (including phenoxy) is 2. The Morgan fingerprint density at radius 2 is 1.82 bits per heavy atom. The molecule has 0 heterocycles. The number of nitrogens with zero attached hydrogens (tertiary/aromatic N) is 1. The molecule has 28 heavy (non-hydrogen) atoms. The van der Waals surface area contributed by atoms with Crippen LogP contribution in [-0.2, 0) is 0 Å². The second kappa shape index (κ2) is 9.36. The highest BCUT2D eigenvalue weighted by molar-refractivity contribution is 6.01. The second-order valence-electron chi connectivity index (χ2n) is 5.85. The van der Waals surface area contributed by atoms with Crippen molar-refractivity contribution in [2.24, 2.45) is 0 Å². The normalized spacial score (nSPS) is 10.1. The third-order valence-electron chi connectivity index (χ3n) is 3.84. The van der Waals surface area contributed by atoms with Crippen molar-refractivity contribution >= 4 is 17.5 Å². The Balaban J connectivity index is 2.11. The molecule has 2 aromatic carbocycles. The van der Waals surface area contributed by atoms with Gasteiger partial charge in [0, 0.05) is 11.1 Å². The van der Waals surface area contributed by atoms with Gasteiger partial charge in [0.2, 0.25) is 0 Å². The van der Waals surface area contributed by atoms with E-state index < -0.39 is 16.7 Å². The number of aryl methyl sites for hydroxylation is 1. The maximum Gasteiger partial charge on any atom is 0.285 e. The van der Waals surface area contributed by atoms with Gasteiger partial charge in [-0.1, -0.05) is 19.1 Å². The third kappa shape index (κ3) is 4.76. The van der Waals surface area contributed by atoms with Crippen LogP contribution in [-0.4, -0.2) is 30.5 Å². The topological polar surface area (TPSA) is 120 Å². The van der Waals surface area contributed by atoms with Crippen molar-refractivity contribution in [3.8, 4) is 11.5 Å². The minimum atomic E-state index is -0.793. The first-order valence-electron chi connectivity index (χ1n) is 8.54. The van der Waals surface area contributed by atoms with E-state index in [4.69, 9.17) is 9.47 Å². The Labute approximate surface area is 161 Å². The van der Waals surface area contributed by atoms with Crippen LogP contribution in [0.3, 0.4) is 0 Å². The molecule has 2 amide bonds. The van der Waals surface area contributed by atoms with Gasteiger partial charge in [-0.3, -0.25) is 30.6 Å². The first kappa shape index (κ1) is 20.7. The van der Waals surface area contributed by atoms with Crippen LogP contribution in [0.25, 0.3) is 0 Å². The molecule has 0 aliphatic rings. The van der Waals surface area contributed by atoms with Crippen molar-refractivity contribution in [2.45, 2.75) is 20.3 Å². The number of amides is 2. The molecule has 148 valence electrons. The molecule has 2 N–H and O–H groups in total. The molecule has 0 spiro atoms. The number of nitrogens with one attached hydrogen (secondary N) is 2. The van der Waals surface area contributed by atoms with Crippen molar-refractivity contribution in [1.82, 2.24) is 10.9 Å². The SMILES string of the molecule is CCCOc1ccc(C(=O)NNC(=O)c2cccc(C)c2[N+](=O)[O-])cc1OC. The molecule has 0 radical (unpaired) electrons. The van der Waals surface area contributed by atoms with Crippen LogP contribution in [0.1, 0.15) is 39.6 Å². The van der Waals surface area contributed by atoms with E-state index in [2.05, 4.69) is 10.9 Å². The van der Waals surface area contributed by atoms with Gasteiger partial charge in [-0.05, 0) is 37.6 Å². The fourth-order valence-corrected chi connectivity index (χ4v) is 2.48. The highest BCUT2D eigenvalue weighted by Crippen LogP contribution is 2.28. The minimum Gasteiger partial charge on any atom is -0.493 e. The molecule has 0 aliphatic carbocycles. The molecule has 9 heteroatoms. The number of benzene rings is 2. The minimum absolute atomic E-state index is 0.147. The number of nitro groups is 1. The van der Waals surface area contributed by atoms with Crippen LogP contribution >= 0.6 is 0 Å². The zero-order chi connectivity index (χ0) is 20.7. The van der Waals surface area contributed by atoms with Crippen molar-refractivity contribution in [2.75, 3.05) is 13.7 Å². The maximum absolute atomic E-state index is 12.3. The van der Waals surface area contributed by atoms with E-state index >= 15 is 0 Å². The number of carbonyl (C=O) groups excluding carboxylic acids is 2. The van der Waals surface area contributed by atoms with E-state index in [-0.39, 0.29) is 16.8 Å². The predicted molar refractivity (Wildman–Crippen MR) is 102 cm³/mol. The molecule has 0 atom stereocenters. The lowest BCUT2D eigenvalue weighted by Crippen LogP contribution is -2.41. The average molecular weight is 387 g/mol. The number of hydrazine groups is 1. The molecule has 9 nitrogen and oxygen atoms in total. The van der Waals surface area contributed by atoms with Gasteiger partial charge in [-0.15, -0.1) is 0 Å². The molecule has 0 saturated heterocycles. The Kier molecular flexibility index (Phi) is 6.91. The number of hydrogen-bond acceptors (Lipinski definition) is 6. The van der Waals surface area contributed by atoms with Gasteiger partial charge in [0.25, 0.3) is 17.5 Å². The lowest BCUT2D eigenvalue weighted by Gasteiger charge is -2.12. The maximum atomic E-state index is 12.3. The van der Waals surface area contributed by atoms with Crippen LogP contribution in [0.15, 0.2) is 36.4 Å². The lowest BCUT2D eigenvalue weighted by atomic mass is 10.1. The van der Waals surface area contributed by atoms with Gasteiger partial charge in [0.05, 0.1) is 18.6 Å². The molecule has 0 fully saturated rings. The molecular formula is C19H21N3O6. The highest BCUT2D eigenvalue weighted by atomic mass is 16.6.